The van der Waals surface area contributed by atoms with Gasteiger partial charge in [-0.2, -0.15) is 0 Å². The Morgan fingerprint density at radius 1 is 1.42 bits per heavy atom. The molecule has 1 fully saturated rings. The van der Waals surface area contributed by atoms with Crippen LogP contribution in [0.15, 0.2) is 12.2 Å². The molecular formula is C10H16O2. The summed E-state index contributed by atoms with van der Waals surface area (Å²) in [5.74, 6) is 0.256. The SMILES string of the molecule is O=C(O)CCC/C=C/CC1CC1. The smallest absolute Gasteiger partial charge is 0.303 e. The molecule has 2 nitrogen and oxygen atoms in total. The second-order valence-electron chi connectivity index (χ2n) is 3.44. The second-order valence-corrected chi connectivity index (χ2v) is 3.44. The third kappa shape index (κ3) is 4.94. The van der Waals surface area contributed by atoms with E-state index in [9.17, 15) is 4.79 Å². The van der Waals surface area contributed by atoms with Crippen molar-refractivity contribution in [1.29, 1.82) is 0 Å². The van der Waals surface area contributed by atoms with Crippen LogP contribution in [0.5, 0.6) is 0 Å². The molecule has 1 aliphatic carbocycles. The molecule has 1 saturated carbocycles. The summed E-state index contributed by atoms with van der Waals surface area (Å²) in [6.45, 7) is 0. The van der Waals surface area contributed by atoms with Crippen molar-refractivity contribution in [3.8, 4) is 0 Å². The second kappa shape index (κ2) is 4.96. The average Bonchev–Trinajstić information content (AvgIpc) is 2.79. The third-order valence-electron chi connectivity index (χ3n) is 2.09. The molecule has 12 heavy (non-hydrogen) atoms. The van der Waals surface area contributed by atoms with E-state index in [-0.39, 0.29) is 0 Å². The molecule has 1 rings (SSSR count). The summed E-state index contributed by atoms with van der Waals surface area (Å²) in [5.41, 5.74) is 0. The molecule has 0 unspecified atom stereocenters. The fraction of sp³-hybridized carbons (Fsp3) is 0.700. The van der Waals surface area contributed by atoms with E-state index in [4.69, 9.17) is 5.11 Å². The van der Waals surface area contributed by atoms with Gasteiger partial charge in [-0.15, -0.1) is 0 Å². The van der Waals surface area contributed by atoms with Gasteiger partial charge in [0.25, 0.3) is 0 Å². The predicted octanol–water partition coefficient (Wildman–Crippen LogP) is 2.60. The van der Waals surface area contributed by atoms with Gasteiger partial charge >= 0.3 is 5.97 Å². The highest BCUT2D eigenvalue weighted by Gasteiger charge is 2.18. The van der Waals surface area contributed by atoms with E-state index in [0.29, 0.717) is 6.42 Å². The van der Waals surface area contributed by atoms with Crippen LogP contribution in [0.25, 0.3) is 0 Å². The van der Waals surface area contributed by atoms with E-state index in [1.54, 1.807) is 0 Å². The van der Waals surface area contributed by atoms with E-state index in [2.05, 4.69) is 12.2 Å². The molecule has 0 amide bonds. The summed E-state index contributed by atoms with van der Waals surface area (Å²) in [6.07, 6.45) is 10.3. The summed E-state index contributed by atoms with van der Waals surface area (Å²) in [5, 5.41) is 8.34. The van der Waals surface area contributed by atoms with Crippen molar-refractivity contribution in [3.05, 3.63) is 12.2 Å². The molecule has 68 valence electrons. The van der Waals surface area contributed by atoms with Gasteiger partial charge < -0.3 is 5.11 Å². The molecule has 0 heterocycles. The van der Waals surface area contributed by atoms with Crippen molar-refractivity contribution in [2.45, 2.75) is 38.5 Å². The number of hydrogen-bond acceptors (Lipinski definition) is 1. The molecule has 1 aliphatic rings. The highest BCUT2D eigenvalue weighted by Crippen LogP contribution is 2.32. The van der Waals surface area contributed by atoms with Crippen molar-refractivity contribution < 1.29 is 9.90 Å². The normalized spacial score (nSPS) is 17.0. The van der Waals surface area contributed by atoms with Crippen LogP contribution in [0.3, 0.4) is 0 Å². The number of allylic oxidation sites excluding steroid dienone is 2. The number of aliphatic carboxylic acids is 1. The summed E-state index contributed by atoms with van der Waals surface area (Å²) in [6, 6.07) is 0. The quantitative estimate of drug-likeness (QED) is 0.489. The lowest BCUT2D eigenvalue weighted by atomic mass is 10.2. The van der Waals surface area contributed by atoms with Crippen LogP contribution in [0.2, 0.25) is 0 Å². The number of rotatable bonds is 6. The summed E-state index contributed by atoms with van der Waals surface area (Å²) in [4.78, 5) is 10.1. The van der Waals surface area contributed by atoms with Crippen LogP contribution in [0.1, 0.15) is 38.5 Å². The number of carbonyl (C=O) groups is 1. The zero-order chi connectivity index (χ0) is 8.81. The van der Waals surface area contributed by atoms with Gasteiger partial charge in [-0.3, -0.25) is 4.79 Å². The van der Waals surface area contributed by atoms with Crippen LogP contribution in [0.4, 0.5) is 0 Å². The first kappa shape index (κ1) is 9.30. The minimum atomic E-state index is -0.689. The topological polar surface area (TPSA) is 37.3 Å². The highest BCUT2D eigenvalue weighted by atomic mass is 16.4. The highest BCUT2D eigenvalue weighted by molar-refractivity contribution is 5.66. The van der Waals surface area contributed by atoms with Crippen molar-refractivity contribution in [1.82, 2.24) is 0 Å². The minimum Gasteiger partial charge on any atom is -0.481 e. The maximum absolute atomic E-state index is 10.1. The average molecular weight is 168 g/mol. The van der Waals surface area contributed by atoms with Crippen molar-refractivity contribution in [2.24, 2.45) is 5.92 Å². The molecule has 0 radical (unpaired) electrons. The minimum absolute atomic E-state index is 0.299. The first-order valence-corrected chi connectivity index (χ1v) is 4.66. The maximum Gasteiger partial charge on any atom is 0.303 e. The summed E-state index contributed by atoms with van der Waals surface area (Å²) >= 11 is 0. The van der Waals surface area contributed by atoms with Gasteiger partial charge in [-0.1, -0.05) is 12.2 Å². The molecule has 0 atom stereocenters. The Bertz CT molecular complexity index is 169. The number of carboxylic acid groups (broad SMARTS) is 1. The fourth-order valence-electron chi connectivity index (χ4n) is 1.13. The van der Waals surface area contributed by atoms with E-state index in [0.717, 1.165) is 18.8 Å². The van der Waals surface area contributed by atoms with E-state index >= 15 is 0 Å². The fourth-order valence-corrected chi connectivity index (χ4v) is 1.13. The molecule has 0 aromatic heterocycles. The molecule has 0 saturated heterocycles. The van der Waals surface area contributed by atoms with Gasteiger partial charge in [0.1, 0.15) is 0 Å². The lowest BCUT2D eigenvalue weighted by molar-refractivity contribution is -0.137. The molecule has 0 spiro atoms. The third-order valence-corrected chi connectivity index (χ3v) is 2.09. The molecule has 1 N–H and O–H groups in total. The Morgan fingerprint density at radius 3 is 2.75 bits per heavy atom. The summed E-state index contributed by atoms with van der Waals surface area (Å²) < 4.78 is 0. The molecule has 2 heteroatoms. The first-order valence-electron chi connectivity index (χ1n) is 4.66. The van der Waals surface area contributed by atoms with Crippen LogP contribution in [-0.2, 0) is 4.79 Å². The lowest BCUT2D eigenvalue weighted by Crippen LogP contribution is -1.92. The van der Waals surface area contributed by atoms with Gasteiger partial charge in [0.2, 0.25) is 0 Å². The number of carboxylic acids is 1. The molecule has 0 aliphatic heterocycles. The largest absolute Gasteiger partial charge is 0.481 e. The Kier molecular flexibility index (Phi) is 3.85. The molecular weight excluding hydrogens is 152 g/mol. The Labute approximate surface area is 73.3 Å². The Hall–Kier alpha value is -0.790. The predicted molar refractivity (Wildman–Crippen MR) is 48.0 cm³/mol. The van der Waals surface area contributed by atoms with Gasteiger partial charge in [-0.05, 0) is 38.0 Å². The van der Waals surface area contributed by atoms with Gasteiger partial charge in [0.05, 0.1) is 0 Å². The lowest BCUT2D eigenvalue weighted by Gasteiger charge is -1.90. The summed E-state index contributed by atoms with van der Waals surface area (Å²) in [7, 11) is 0. The monoisotopic (exact) mass is 168 g/mol. The van der Waals surface area contributed by atoms with Crippen molar-refractivity contribution >= 4 is 5.97 Å². The van der Waals surface area contributed by atoms with Crippen LogP contribution in [0, 0.1) is 5.92 Å². The van der Waals surface area contributed by atoms with Gasteiger partial charge in [-0.25, -0.2) is 0 Å². The standard InChI is InChI=1S/C10H16O2/c11-10(12)6-4-2-1-3-5-9-7-8-9/h1,3,9H,2,4-8H2,(H,11,12)/b3-1+. The van der Waals surface area contributed by atoms with E-state index in [1.165, 1.54) is 19.3 Å². The number of unbranched alkanes of at least 4 members (excludes halogenated alkanes) is 1. The Morgan fingerprint density at radius 2 is 2.17 bits per heavy atom. The van der Waals surface area contributed by atoms with E-state index in [1.807, 2.05) is 0 Å². The molecule has 0 bridgehead atoms. The first-order chi connectivity index (χ1) is 5.79. The van der Waals surface area contributed by atoms with Crippen LogP contribution < -0.4 is 0 Å². The van der Waals surface area contributed by atoms with Gasteiger partial charge in [0, 0.05) is 6.42 Å². The van der Waals surface area contributed by atoms with Gasteiger partial charge in [0.15, 0.2) is 0 Å². The molecule has 0 aromatic carbocycles. The Balaban J connectivity index is 1.86. The van der Waals surface area contributed by atoms with Crippen LogP contribution >= 0.6 is 0 Å². The molecule has 0 aromatic rings. The zero-order valence-corrected chi connectivity index (χ0v) is 7.33. The van der Waals surface area contributed by atoms with Crippen molar-refractivity contribution in [3.63, 3.8) is 0 Å². The van der Waals surface area contributed by atoms with E-state index < -0.39 is 5.97 Å². The maximum atomic E-state index is 10.1. The number of hydrogen-bond donors (Lipinski definition) is 1. The zero-order valence-electron chi connectivity index (χ0n) is 7.33. The van der Waals surface area contributed by atoms with Crippen LogP contribution in [-0.4, -0.2) is 11.1 Å². The van der Waals surface area contributed by atoms with Crippen molar-refractivity contribution in [2.75, 3.05) is 0 Å².